The Bertz CT molecular complexity index is 753. The Morgan fingerprint density at radius 2 is 1.96 bits per heavy atom. The highest BCUT2D eigenvalue weighted by molar-refractivity contribution is 8.14. The van der Waals surface area contributed by atoms with Crippen molar-refractivity contribution in [3.63, 3.8) is 0 Å². The van der Waals surface area contributed by atoms with Crippen LogP contribution in [0.1, 0.15) is 26.3 Å². The van der Waals surface area contributed by atoms with Crippen LogP contribution in [0.3, 0.4) is 0 Å². The highest BCUT2D eigenvalue weighted by Gasteiger charge is 2.27. The topological polar surface area (TPSA) is 108 Å². The van der Waals surface area contributed by atoms with Crippen molar-refractivity contribution < 1.29 is 18.3 Å². The maximum atomic E-state index is 12.5. The normalized spacial score (nSPS) is 16.4. The van der Waals surface area contributed by atoms with E-state index in [1.165, 1.54) is 23.9 Å². The highest BCUT2D eigenvalue weighted by atomic mass is 32.2. The quantitative estimate of drug-likeness (QED) is 0.696. The zero-order valence-corrected chi connectivity index (χ0v) is 16.1. The molecule has 0 saturated carbocycles. The molecule has 0 radical (unpaired) electrons. The van der Waals surface area contributed by atoms with Gasteiger partial charge in [-0.1, -0.05) is 44.7 Å². The largest absolute Gasteiger partial charge is 0.394 e. The van der Waals surface area contributed by atoms with E-state index in [4.69, 9.17) is 0 Å². The first-order chi connectivity index (χ1) is 11.6. The number of nitrogens with one attached hydrogen (secondary N) is 2. The Labute approximate surface area is 152 Å². The fourth-order valence-electron chi connectivity index (χ4n) is 2.17. The SMILES string of the molecule is CC(C)(C)c1ccc(S(=O)(=O)N[C@@H](CO)C(=O)NC2=NCCS2)cc1. The van der Waals surface area contributed by atoms with Gasteiger partial charge in [0.15, 0.2) is 5.17 Å². The molecular weight excluding hydrogens is 362 g/mol. The molecule has 0 fully saturated rings. The summed E-state index contributed by atoms with van der Waals surface area (Å²) in [5.41, 5.74) is 0.905. The first kappa shape index (κ1) is 19.9. The molecule has 2 rings (SSSR count). The molecule has 25 heavy (non-hydrogen) atoms. The second-order valence-electron chi connectivity index (χ2n) is 6.66. The van der Waals surface area contributed by atoms with Crippen molar-refractivity contribution in [2.75, 3.05) is 18.9 Å². The van der Waals surface area contributed by atoms with Gasteiger partial charge in [0.25, 0.3) is 0 Å². The maximum Gasteiger partial charge on any atom is 0.246 e. The zero-order chi connectivity index (χ0) is 18.7. The Morgan fingerprint density at radius 1 is 1.32 bits per heavy atom. The average Bonchev–Trinajstić information content (AvgIpc) is 3.04. The van der Waals surface area contributed by atoms with Gasteiger partial charge in [0.1, 0.15) is 6.04 Å². The molecule has 0 spiro atoms. The number of nitrogens with zero attached hydrogens (tertiary/aromatic N) is 1. The number of amides is 1. The van der Waals surface area contributed by atoms with E-state index in [2.05, 4.69) is 15.0 Å². The number of aliphatic hydroxyl groups excluding tert-OH is 1. The van der Waals surface area contributed by atoms with E-state index in [0.29, 0.717) is 11.7 Å². The van der Waals surface area contributed by atoms with Gasteiger partial charge in [-0.05, 0) is 23.1 Å². The minimum absolute atomic E-state index is 0.0410. The lowest BCUT2D eigenvalue weighted by Gasteiger charge is -2.20. The van der Waals surface area contributed by atoms with Crippen molar-refractivity contribution >= 4 is 32.9 Å². The van der Waals surface area contributed by atoms with Crippen molar-refractivity contribution in [3.05, 3.63) is 29.8 Å². The number of aliphatic hydroxyl groups is 1. The van der Waals surface area contributed by atoms with Gasteiger partial charge in [-0.15, -0.1) is 0 Å². The number of hydrogen-bond acceptors (Lipinski definition) is 6. The molecule has 0 saturated heterocycles. The molecule has 1 aromatic carbocycles. The molecule has 0 aliphatic carbocycles. The second-order valence-corrected chi connectivity index (χ2v) is 9.45. The Balaban J connectivity index is 2.11. The maximum absolute atomic E-state index is 12.5. The lowest BCUT2D eigenvalue weighted by Crippen LogP contribution is -2.49. The molecule has 1 atom stereocenters. The lowest BCUT2D eigenvalue weighted by atomic mass is 9.87. The summed E-state index contributed by atoms with van der Waals surface area (Å²) < 4.78 is 27.2. The smallest absolute Gasteiger partial charge is 0.246 e. The van der Waals surface area contributed by atoms with E-state index >= 15 is 0 Å². The minimum atomic E-state index is -3.93. The number of hydrogen-bond donors (Lipinski definition) is 3. The molecule has 7 nitrogen and oxygen atoms in total. The Morgan fingerprint density at radius 3 is 2.44 bits per heavy atom. The van der Waals surface area contributed by atoms with Crippen molar-refractivity contribution in [1.29, 1.82) is 0 Å². The fourth-order valence-corrected chi connectivity index (χ4v) is 4.08. The molecule has 1 aliphatic rings. The molecule has 1 aromatic rings. The van der Waals surface area contributed by atoms with E-state index in [-0.39, 0.29) is 10.3 Å². The van der Waals surface area contributed by atoms with E-state index in [1.54, 1.807) is 12.1 Å². The number of rotatable bonds is 5. The summed E-state index contributed by atoms with van der Waals surface area (Å²) in [6.45, 7) is 6.05. The summed E-state index contributed by atoms with van der Waals surface area (Å²) in [5, 5.41) is 12.4. The number of sulfonamides is 1. The summed E-state index contributed by atoms with van der Waals surface area (Å²) in [5.74, 6) is 0.135. The molecule has 9 heteroatoms. The van der Waals surface area contributed by atoms with Crippen LogP contribution in [0.5, 0.6) is 0 Å². The van der Waals surface area contributed by atoms with Crippen LogP contribution in [0.2, 0.25) is 0 Å². The molecule has 1 aliphatic heterocycles. The first-order valence-corrected chi connectivity index (χ1v) is 10.3. The van der Waals surface area contributed by atoms with Crippen LogP contribution in [0.15, 0.2) is 34.2 Å². The number of benzene rings is 1. The molecule has 1 amide bonds. The summed E-state index contributed by atoms with van der Waals surface area (Å²) in [7, 11) is -3.93. The molecule has 138 valence electrons. The van der Waals surface area contributed by atoms with Crippen LogP contribution < -0.4 is 10.0 Å². The number of amidine groups is 1. The summed E-state index contributed by atoms with van der Waals surface area (Å²) in [6.07, 6.45) is 0. The second kappa shape index (κ2) is 7.86. The Hall–Kier alpha value is -1.42. The van der Waals surface area contributed by atoms with Crippen molar-refractivity contribution in [1.82, 2.24) is 10.0 Å². The van der Waals surface area contributed by atoms with Gasteiger partial charge >= 0.3 is 0 Å². The Kier molecular flexibility index (Phi) is 6.26. The van der Waals surface area contributed by atoms with Crippen LogP contribution in [-0.2, 0) is 20.2 Å². The van der Waals surface area contributed by atoms with Gasteiger partial charge in [0.05, 0.1) is 18.0 Å². The molecule has 0 aromatic heterocycles. The van der Waals surface area contributed by atoms with E-state index in [1.807, 2.05) is 20.8 Å². The average molecular weight is 386 g/mol. The lowest BCUT2D eigenvalue weighted by molar-refractivity contribution is -0.122. The third-order valence-corrected chi connectivity index (χ3v) is 6.02. The van der Waals surface area contributed by atoms with Crippen molar-refractivity contribution in [3.8, 4) is 0 Å². The van der Waals surface area contributed by atoms with E-state index in [9.17, 15) is 18.3 Å². The van der Waals surface area contributed by atoms with Crippen LogP contribution in [0.25, 0.3) is 0 Å². The van der Waals surface area contributed by atoms with Gasteiger partial charge in [-0.25, -0.2) is 8.42 Å². The number of carbonyl (C=O) groups excluding carboxylic acids is 1. The number of thioether (sulfide) groups is 1. The zero-order valence-electron chi connectivity index (χ0n) is 14.4. The van der Waals surface area contributed by atoms with Gasteiger partial charge < -0.3 is 10.4 Å². The summed E-state index contributed by atoms with van der Waals surface area (Å²) in [4.78, 5) is 16.2. The van der Waals surface area contributed by atoms with Crippen molar-refractivity contribution in [2.45, 2.75) is 37.1 Å². The van der Waals surface area contributed by atoms with Gasteiger partial charge in [-0.3, -0.25) is 9.79 Å². The number of carbonyl (C=O) groups is 1. The minimum Gasteiger partial charge on any atom is -0.394 e. The van der Waals surface area contributed by atoms with Gasteiger partial charge in [-0.2, -0.15) is 4.72 Å². The molecular formula is C16H23N3O4S2. The highest BCUT2D eigenvalue weighted by Crippen LogP contribution is 2.23. The van der Waals surface area contributed by atoms with Crippen LogP contribution in [0.4, 0.5) is 0 Å². The number of aliphatic imine (C=N–C) groups is 1. The third kappa shape index (κ3) is 5.27. The molecule has 1 heterocycles. The first-order valence-electron chi connectivity index (χ1n) is 7.85. The monoisotopic (exact) mass is 385 g/mol. The van der Waals surface area contributed by atoms with Crippen molar-refractivity contribution in [2.24, 2.45) is 4.99 Å². The molecule has 0 bridgehead atoms. The van der Waals surface area contributed by atoms with Gasteiger partial charge in [0.2, 0.25) is 15.9 Å². The summed E-state index contributed by atoms with van der Waals surface area (Å²) >= 11 is 1.38. The van der Waals surface area contributed by atoms with E-state index in [0.717, 1.165) is 11.3 Å². The summed E-state index contributed by atoms with van der Waals surface area (Å²) in [6, 6.07) is 5.19. The standard InChI is InChI=1S/C16H23N3O4S2/c1-16(2,3)11-4-6-12(7-5-11)25(22,23)19-13(10-20)14(21)18-15-17-8-9-24-15/h4-7,13,19-20H,8-10H2,1-3H3,(H,17,18,21)/t13-/m0/s1. The predicted octanol–water partition coefficient (Wildman–Crippen LogP) is 0.842. The van der Waals surface area contributed by atoms with E-state index < -0.39 is 28.6 Å². The van der Waals surface area contributed by atoms with Crippen LogP contribution in [-0.4, -0.2) is 49.5 Å². The van der Waals surface area contributed by atoms with Crippen LogP contribution in [0, 0.1) is 0 Å². The molecule has 3 N–H and O–H groups in total. The van der Waals surface area contributed by atoms with Crippen LogP contribution >= 0.6 is 11.8 Å². The fraction of sp³-hybridized carbons (Fsp3) is 0.500. The van der Waals surface area contributed by atoms with Gasteiger partial charge in [0, 0.05) is 5.75 Å². The third-order valence-electron chi connectivity index (χ3n) is 3.64. The molecule has 0 unspecified atom stereocenters. The predicted molar refractivity (Wildman–Crippen MR) is 99.2 cm³/mol.